The van der Waals surface area contributed by atoms with E-state index < -0.39 is 0 Å². The Morgan fingerprint density at radius 3 is 2.05 bits per heavy atom. The standard InChI is InChI=1S/C19H29N/c1-19(2,3)20-13-17-11-12-18(17)16-9-7-15(8-10-16)14-5-4-6-14/h7-10,14,17-18,20H,4-6,11-13H2,1-3H3. The molecule has 2 saturated carbocycles. The second-order valence-corrected chi connectivity index (χ2v) is 7.87. The Morgan fingerprint density at radius 2 is 1.60 bits per heavy atom. The Morgan fingerprint density at radius 1 is 0.950 bits per heavy atom. The lowest BCUT2D eigenvalue weighted by molar-refractivity contribution is 0.225. The average molecular weight is 271 g/mol. The Hall–Kier alpha value is -0.820. The van der Waals surface area contributed by atoms with Gasteiger partial charge in [0.1, 0.15) is 0 Å². The lowest BCUT2D eigenvalue weighted by Gasteiger charge is -2.39. The summed E-state index contributed by atoms with van der Waals surface area (Å²) in [5.41, 5.74) is 3.39. The highest BCUT2D eigenvalue weighted by atomic mass is 14.9. The van der Waals surface area contributed by atoms with Crippen LogP contribution in [-0.4, -0.2) is 12.1 Å². The van der Waals surface area contributed by atoms with Gasteiger partial charge in [0.05, 0.1) is 0 Å². The highest BCUT2D eigenvalue weighted by Crippen LogP contribution is 2.43. The van der Waals surface area contributed by atoms with Gasteiger partial charge in [0, 0.05) is 5.54 Å². The normalized spacial score (nSPS) is 26.9. The van der Waals surface area contributed by atoms with Gasteiger partial charge in [0.25, 0.3) is 0 Å². The van der Waals surface area contributed by atoms with E-state index in [1.807, 2.05) is 0 Å². The topological polar surface area (TPSA) is 12.0 Å². The van der Waals surface area contributed by atoms with Gasteiger partial charge >= 0.3 is 0 Å². The Balaban J connectivity index is 1.58. The second kappa shape index (κ2) is 5.52. The van der Waals surface area contributed by atoms with Crippen LogP contribution in [0.2, 0.25) is 0 Å². The summed E-state index contributed by atoms with van der Waals surface area (Å²) in [4.78, 5) is 0. The molecule has 0 bridgehead atoms. The van der Waals surface area contributed by atoms with Gasteiger partial charge in [-0.05, 0) is 81.9 Å². The highest BCUT2D eigenvalue weighted by Gasteiger charge is 2.32. The average Bonchev–Trinajstić information content (AvgIpc) is 2.26. The summed E-state index contributed by atoms with van der Waals surface area (Å²) in [6.45, 7) is 7.94. The maximum atomic E-state index is 3.67. The van der Waals surface area contributed by atoms with E-state index in [1.54, 1.807) is 11.1 Å². The minimum absolute atomic E-state index is 0.244. The third-order valence-electron chi connectivity index (χ3n) is 5.25. The molecule has 2 fully saturated rings. The molecule has 1 aromatic carbocycles. The van der Waals surface area contributed by atoms with E-state index in [1.165, 1.54) is 38.6 Å². The van der Waals surface area contributed by atoms with E-state index in [4.69, 9.17) is 0 Å². The molecule has 2 aliphatic carbocycles. The fraction of sp³-hybridized carbons (Fsp3) is 0.684. The third kappa shape index (κ3) is 3.09. The van der Waals surface area contributed by atoms with Crippen LogP contribution in [0.1, 0.15) is 75.8 Å². The van der Waals surface area contributed by atoms with Crippen molar-refractivity contribution < 1.29 is 0 Å². The fourth-order valence-electron chi connectivity index (χ4n) is 3.45. The van der Waals surface area contributed by atoms with E-state index in [9.17, 15) is 0 Å². The van der Waals surface area contributed by atoms with E-state index in [-0.39, 0.29) is 5.54 Å². The van der Waals surface area contributed by atoms with Gasteiger partial charge in [-0.25, -0.2) is 0 Å². The Kier molecular flexibility index (Phi) is 3.90. The molecule has 0 spiro atoms. The van der Waals surface area contributed by atoms with Crippen molar-refractivity contribution in [3.8, 4) is 0 Å². The zero-order valence-electron chi connectivity index (χ0n) is 13.3. The molecule has 20 heavy (non-hydrogen) atoms. The molecule has 1 N–H and O–H groups in total. The zero-order valence-corrected chi connectivity index (χ0v) is 13.3. The van der Waals surface area contributed by atoms with Crippen molar-refractivity contribution in [1.82, 2.24) is 5.32 Å². The molecule has 0 radical (unpaired) electrons. The lowest BCUT2D eigenvalue weighted by Crippen LogP contribution is -2.42. The fourth-order valence-corrected chi connectivity index (χ4v) is 3.45. The summed E-state index contributed by atoms with van der Waals surface area (Å²) in [7, 11) is 0. The largest absolute Gasteiger partial charge is 0.312 e. The number of hydrogen-bond donors (Lipinski definition) is 1. The van der Waals surface area contributed by atoms with E-state index in [0.29, 0.717) is 0 Å². The van der Waals surface area contributed by atoms with E-state index >= 15 is 0 Å². The number of benzene rings is 1. The van der Waals surface area contributed by atoms with Crippen molar-refractivity contribution in [2.45, 2.75) is 70.3 Å². The van der Waals surface area contributed by atoms with Crippen LogP contribution in [0.25, 0.3) is 0 Å². The summed E-state index contributed by atoms with van der Waals surface area (Å²) in [6, 6.07) is 9.60. The minimum atomic E-state index is 0.244. The van der Waals surface area contributed by atoms with Crippen LogP contribution in [0.15, 0.2) is 24.3 Å². The van der Waals surface area contributed by atoms with Gasteiger partial charge < -0.3 is 5.32 Å². The molecule has 0 amide bonds. The molecular formula is C19H29N. The van der Waals surface area contributed by atoms with E-state index in [2.05, 4.69) is 50.4 Å². The number of rotatable bonds is 4. The summed E-state index contributed by atoms with van der Waals surface area (Å²) in [6.07, 6.45) is 6.99. The SMILES string of the molecule is CC(C)(C)NCC1CCC1c1ccc(C2CCC2)cc1. The first kappa shape index (κ1) is 14.1. The molecule has 0 saturated heterocycles. The first-order valence-corrected chi connectivity index (χ1v) is 8.38. The van der Waals surface area contributed by atoms with Gasteiger partial charge in [0.2, 0.25) is 0 Å². The van der Waals surface area contributed by atoms with Gasteiger partial charge in [-0.2, -0.15) is 0 Å². The molecule has 1 nitrogen and oxygen atoms in total. The van der Waals surface area contributed by atoms with Gasteiger partial charge in [-0.15, -0.1) is 0 Å². The van der Waals surface area contributed by atoms with Crippen molar-refractivity contribution in [1.29, 1.82) is 0 Å². The first-order chi connectivity index (χ1) is 9.53. The van der Waals surface area contributed by atoms with Crippen LogP contribution in [-0.2, 0) is 0 Å². The molecule has 1 aromatic rings. The van der Waals surface area contributed by atoms with Crippen LogP contribution in [0.3, 0.4) is 0 Å². The van der Waals surface area contributed by atoms with Crippen LogP contribution >= 0.6 is 0 Å². The number of hydrogen-bond acceptors (Lipinski definition) is 1. The molecule has 0 heterocycles. The molecule has 2 aliphatic rings. The second-order valence-electron chi connectivity index (χ2n) is 7.87. The highest BCUT2D eigenvalue weighted by molar-refractivity contribution is 5.30. The maximum Gasteiger partial charge on any atom is 0.00966 e. The van der Waals surface area contributed by atoms with Crippen LogP contribution in [0.5, 0.6) is 0 Å². The lowest BCUT2D eigenvalue weighted by atomic mass is 9.69. The summed E-state index contributed by atoms with van der Waals surface area (Å²) >= 11 is 0. The first-order valence-electron chi connectivity index (χ1n) is 8.38. The molecule has 0 aliphatic heterocycles. The van der Waals surface area contributed by atoms with Crippen LogP contribution in [0, 0.1) is 5.92 Å². The summed E-state index contributed by atoms with van der Waals surface area (Å²) in [5.74, 6) is 2.49. The van der Waals surface area contributed by atoms with Gasteiger partial charge in [-0.1, -0.05) is 30.7 Å². The number of nitrogens with one attached hydrogen (secondary N) is 1. The molecule has 3 rings (SSSR count). The van der Waals surface area contributed by atoms with Crippen LogP contribution in [0.4, 0.5) is 0 Å². The Labute approximate surface area is 124 Å². The van der Waals surface area contributed by atoms with Crippen LogP contribution < -0.4 is 5.32 Å². The van der Waals surface area contributed by atoms with E-state index in [0.717, 1.165) is 17.8 Å². The summed E-state index contributed by atoms with van der Waals surface area (Å²) < 4.78 is 0. The predicted molar refractivity (Wildman–Crippen MR) is 86.3 cm³/mol. The molecule has 1 heteroatoms. The molecule has 110 valence electrons. The molecule has 0 aromatic heterocycles. The zero-order chi connectivity index (χ0) is 14.2. The van der Waals surface area contributed by atoms with Crippen molar-refractivity contribution in [3.63, 3.8) is 0 Å². The molecular weight excluding hydrogens is 242 g/mol. The maximum absolute atomic E-state index is 3.67. The smallest absolute Gasteiger partial charge is 0.00966 e. The van der Waals surface area contributed by atoms with Crippen molar-refractivity contribution in [3.05, 3.63) is 35.4 Å². The molecule has 2 unspecified atom stereocenters. The quantitative estimate of drug-likeness (QED) is 0.826. The van der Waals surface area contributed by atoms with Crippen molar-refractivity contribution >= 4 is 0 Å². The third-order valence-corrected chi connectivity index (χ3v) is 5.25. The summed E-state index contributed by atoms with van der Waals surface area (Å²) in [5, 5.41) is 3.67. The minimum Gasteiger partial charge on any atom is -0.312 e. The Bertz CT molecular complexity index is 436. The predicted octanol–water partition coefficient (Wildman–Crippen LogP) is 4.84. The monoisotopic (exact) mass is 271 g/mol. The van der Waals surface area contributed by atoms with Crippen molar-refractivity contribution in [2.24, 2.45) is 5.92 Å². The van der Waals surface area contributed by atoms with Gasteiger partial charge in [-0.3, -0.25) is 0 Å². The van der Waals surface area contributed by atoms with Crippen molar-refractivity contribution in [2.75, 3.05) is 6.54 Å². The molecule has 2 atom stereocenters. The van der Waals surface area contributed by atoms with Gasteiger partial charge in [0.15, 0.2) is 0 Å².